The number of benzene rings is 2. The van der Waals surface area contributed by atoms with E-state index in [1.807, 2.05) is 0 Å². The van der Waals surface area contributed by atoms with Crippen molar-refractivity contribution in [2.45, 2.75) is 0 Å². The number of fused-ring (bicyclic) bond motifs is 1. The fraction of sp³-hybridized carbons (Fsp3) is 0.0625. The minimum absolute atomic E-state index is 0. The van der Waals surface area contributed by atoms with Gasteiger partial charge in [0.15, 0.2) is 11.5 Å². The van der Waals surface area contributed by atoms with Gasteiger partial charge in [0.25, 0.3) is 20.8 Å². The van der Waals surface area contributed by atoms with Crippen molar-refractivity contribution in [3.05, 3.63) is 52.7 Å². The molecule has 0 atom stereocenters. The molecule has 0 spiro atoms. The van der Waals surface area contributed by atoms with Crippen molar-refractivity contribution in [3.63, 3.8) is 0 Å². The first kappa shape index (κ1) is 19.3. The van der Waals surface area contributed by atoms with Crippen molar-refractivity contribution in [3.8, 4) is 28.4 Å². The Morgan fingerprint density at radius 2 is 1.52 bits per heavy atom. The van der Waals surface area contributed by atoms with Gasteiger partial charge in [0.1, 0.15) is 17.6 Å². The zero-order valence-electron chi connectivity index (χ0n) is 21.9. The monoisotopic (exact) mass is 494 g/mol. The second-order valence-corrected chi connectivity index (χ2v) is 6.95. The molecule has 11 nitrogen and oxygen atoms in total. The first-order valence-corrected chi connectivity index (χ1v) is 9.70. The molecule has 1 aromatic heterocycles. The van der Waals surface area contributed by atoms with Gasteiger partial charge in [-0.05, 0) is 23.7 Å². The van der Waals surface area contributed by atoms with Crippen LogP contribution in [-0.2, 0) is 20.8 Å². The minimum Gasteiger partial charge on any atom is -0.716 e. The molecular weight excluding hydrogens is 478 g/mol. The summed E-state index contributed by atoms with van der Waals surface area (Å²) in [5, 5.41) is -0.737. The van der Waals surface area contributed by atoms with Crippen LogP contribution in [0.4, 0.5) is 0 Å². The van der Waals surface area contributed by atoms with E-state index >= 15 is 0 Å². The van der Waals surface area contributed by atoms with E-state index in [1.165, 1.54) is 0 Å². The van der Waals surface area contributed by atoms with Crippen molar-refractivity contribution in [1.29, 1.82) is 0 Å². The fourth-order valence-electron chi connectivity index (χ4n) is 2.06. The molecule has 0 radical (unpaired) electrons. The fourth-order valence-corrected chi connectivity index (χ4v) is 2.67. The molecule has 3 aromatic rings. The molecule has 15 heteroatoms. The molecule has 154 valence electrons. The number of hydrogen-bond acceptors (Lipinski definition) is 11. The predicted molar refractivity (Wildman–Crippen MR) is 95.1 cm³/mol. The molecule has 0 aliphatic rings. The molecule has 3 rings (SSSR count). The Kier molecular flexibility index (Phi) is 6.65. The Morgan fingerprint density at radius 1 is 0.935 bits per heavy atom. The van der Waals surface area contributed by atoms with Gasteiger partial charge in [-0.25, -0.2) is 16.8 Å². The molecule has 0 bridgehead atoms. The third kappa shape index (κ3) is 7.18. The average Bonchev–Trinajstić information content (AvgIpc) is 2.73. The van der Waals surface area contributed by atoms with Crippen LogP contribution in [0.15, 0.2) is 51.7 Å². The molecule has 0 unspecified atom stereocenters. The molecule has 0 aliphatic carbocycles. The maximum atomic E-state index is 13.2. The van der Waals surface area contributed by atoms with Gasteiger partial charge >= 0.3 is 59.1 Å². The van der Waals surface area contributed by atoms with Gasteiger partial charge in [0.2, 0.25) is 5.43 Å². The van der Waals surface area contributed by atoms with Crippen molar-refractivity contribution in [1.82, 2.24) is 0 Å². The molecule has 0 amide bonds. The number of methoxy groups -OCH3 is 1. The van der Waals surface area contributed by atoms with Crippen LogP contribution >= 0.6 is 0 Å². The molecular formula is C16H10Na2O11S2. The maximum Gasteiger partial charge on any atom is 1.00 e. The van der Waals surface area contributed by atoms with E-state index in [0.29, 0.717) is 6.26 Å². The summed E-state index contributed by atoms with van der Waals surface area (Å²) in [5.41, 5.74) is -3.37. The minimum atomic E-state index is -5.48. The van der Waals surface area contributed by atoms with Crippen LogP contribution in [0.1, 0.15) is 8.22 Å². The Balaban J connectivity index is 0.00000342. The van der Waals surface area contributed by atoms with E-state index < -0.39 is 102 Å². The molecule has 0 aliphatic heterocycles. The van der Waals surface area contributed by atoms with Gasteiger partial charge in [0, 0.05) is 6.04 Å². The van der Waals surface area contributed by atoms with Crippen LogP contribution in [0.25, 0.3) is 22.1 Å². The van der Waals surface area contributed by atoms with Gasteiger partial charge in [-0.15, -0.1) is 0 Å². The molecule has 1 heterocycles. The van der Waals surface area contributed by atoms with Gasteiger partial charge in [-0.2, -0.15) is 0 Å². The molecule has 0 N–H and O–H groups in total. The first-order valence-electron chi connectivity index (χ1n) is 10.0. The SMILES string of the molecule is [2H]c1c([2H])c(-c2coc3c([2H])c(OS(=O)(=O)[O-])c(OC)c([2H])c3c2=O)c([2H])c([2H])c1OS(=O)(=O)[O-].[Na+].[Na+]. The van der Waals surface area contributed by atoms with E-state index in [1.54, 1.807) is 0 Å². The summed E-state index contributed by atoms with van der Waals surface area (Å²) in [6, 6.07) is -6.17. The quantitative estimate of drug-likeness (QED) is 0.183. The summed E-state index contributed by atoms with van der Waals surface area (Å²) in [5.74, 6) is -3.07. The number of ether oxygens (including phenoxy) is 1. The Bertz CT molecular complexity index is 1650. The largest absolute Gasteiger partial charge is 1.00 e. The number of hydrogen-bond donors (Lipinski definition) is 0. The summed E-state index contributed by atoms with van der Waals surface area (Å²) >= 11 is 0. The van der Waals surface area contributed by atoms with Crippen LogP contribution in [-0.4, -0.2) is 33.1 Å². The van der Waals surface area contributed by atoms with E-state index in [-0.39, 0.29) is 59.1 Å². The van der Waals surface area contributed by atoms with Gasteiger partial charge in [-0.1, -0.05) is 12.1 Å². The summed E-state index contributed by atoms with van der Waals surface area (Å²) in [6.45, 7) is 0. The average molecular weight is 494 g/mol. The second kappa shape index (κ2) is 10.7. The van der Waals surface area contributed by atoms with Crippen molar-refractivity contribution in [2.24, 2.45) is 0 Å². The molecule has 0 saturated carbocycles. The zero-order chi connectivity index (χ0) is 26.6. The van der Waals surface area contributed by atoms with Crippen molar-refractivity contribution in [2.75, 3.05) is 7.11 Å². The summed E-state index contributed by atoms with van der Waals surface area (Å²) < 4.78 is 132. The summed E-state index contributed by atoms with van der Waals surface area (Å²) in [4.78, 5) is 13.2. The van der Waals surface area contributed by atoms with E-state index in [0.717, 1.165) is 7.11 Å². The third-order valence-electron chi connectivity index (χ3n) is 3.11. The molecule has 2 aromatic carbocycles. The first-order chi connectivity index (χ1) is 16.0. The van der Waals surface area contributed by atoms with Crippen molar-refractivity contribution >= 4 is 31.8 Å². The Morgan fingerprint density at radius 3 is 2.03 bits per heavy atom. The number of rotatable bonds is 6. The third-order valence-corrected chi connectivity index (χ3v) is 3.85. The summed E-state index contributed by atoms with van der Waals surface area (Å²) in [7, 11) is -10.0. The predicted octanol–water partition coefficient (Wildman–Crippen LogP) is -4.85. The van der Waals surface area contributed by atoms with E-state index in [2.05, 4.69) is 8.37 Å². The molecule has 0 saturated heterocycles. The van der Waals surface area contributed by atoms with Gasteiger partial charge in [0.05, 0.1) is 26.3 Å². The smallest absolute Gasteiger partial charge is 0.716 e. The maximum absolute atomic E-state index is 13.2. The van der Waals surface area contributed by atoms with Crippen molar-refractivity contribution < 1.29 is 111 Å². The zero-order valence-corrected chi connectivity index (χ0v) is 21.5. The normalized spacial score (nSPS) is 13.9. The van der Waals surface area contributed by atoms with Crippen LogP contribution in [0.2, 0.25) is 0 Å². The van der Waals surface area contributed by atoms with Crippen LogP contribution in [0.3, 0.4) is 0 Å². The van der Waals surface area contributed by atoms with Crippen LogP contribution < -0.4 is 77.6 Å². The van der Waals surface area contributed by atoms with Gasteiger partial charge in [-0.3, -0.25) is 4.79 Å². The summed E-state index contributed by atoms with van der Waals surface area (Å²) in [6.07, 6.45) is 0.569. The van der Waals surface area contributed by atoms with E-state index in [9.17, 15) is 30.7 Å². The Hall–Kier alpha value is -1.13. The Labute approximate surface area is 229 Å². The van der Waals surface area contributed by atoms with Crippen LogP contribution in [0, 0.1) is 0 Å². The molecule has 31 heavy (non-hydrogen) atoms. The topological polar surface area (TPSA) is 172 Å². The van der Waals surface area contributed by atoms with Crippen LogP contribution in [0.5, 0.6) is 17.2 Å². The standard InChI is InChI=1S/C16H12O11S2.2Na/c1-24-14-6-11-13(7-15(14)27-29(21,22)23)25-8-12(16(11)17)9-2-4-10(5-3-9)26-28(18,19)20;;/h2-8H,1H3,(H,18,19,20)(H,21,22,23);;/q;2*+1/p-2/i2D,3D,4D,5D,6D,7D;;. The van der Waals surface area contributed by atoms with Gasteiger partial charge < -0.3 is 26.6 Å². The second-order valence-electron chi connectivity index (χ2n) is 4.98. The molecule has 0 fully saturated rings. The van der Waals surface area contributed by atoms with E-state index in [4.69, 9.17) is 17.4 Å².